The van der Waals surface area contributed by atoms with Crippen LogP contribution in [0.2, 0.25) is 0 Å². The van der Waals surface area contributed by atoms with Crippen molar-refractivity contribution in [3.63, 3.8) is 0 Å². The lowest BCUT2D eigenvalue weighted by Crippen LogP contribution is -2.32. The number of carbonyl (C=O) groups excluding carboxylic acids is 2. The lowest BCUT2D eigenvalue weighted by atomic mass is 10.0. The van der Waals surface area contributed by atoms with Crippen molar-refractivity contribution in [1.29, 1.82) is 0 Å². The molecule has 0 amide bonds. The maximum atomic E-state index is 12.5. The van der Waals surface area contributed by atoms with E-state index in [2.05, 4.69) is 0 Å². The van der Waals surface area contributed by atoms with Crippen LogP contribution in [0.1, 0.15) is 20.7 Å². The van der Waals surface area contributed by atoms with Gasteiger partial charge in [0.25, 0.3) is 0 Å². The van der Waals surface area contributed by atoms with Crippen LogP contribution < -0.4 is 0 Å². The fourth-order valence-corrected chi connectivity index (χ4v) is 3.40. The Morgan fingerprint density at radius 3 is 2.00 bits per heavy atom. The summed E-state index contributed by atoms with van der Waals surface area (Å²) in [7, 11) is 0. The molecule has 172 valence electrons. The minimum absolute atomic E-state index is 0.184. The zero-order chi connectivity index (χ0) is 22.2. The van der Waals surface area contributed by atoms with E-state index in [9.17, 15) is 9.59 Å². The molecule has 8 heteroatoms. The van der Waals surface area contributed by atoms with Crippen molar-refractivity contribution >= 4 is 22.7 Å². The Morgan fingerprint density at radius 1 is 0.781 bits per heavy atom. The summed E-state index contributed by atoms with van der Waals surface area (Å²) in [5.41, 5.74) is 0.868. The number of ether oxygens (including phenoxy) is 6. The molecule has 32 heavy (non-hydrogen) atoms. The van der Waals surface area contributed by atoms with Gasteiger partial charge in [0.15, 0.2) is 0 Å². The van der Waals surface area contributed by atoms with Crippen LogP contribution in [0.3, 0.4) is 0 Å². The Morgan fingerprint density at radius 2 is 1.41 bits per heavy atom. The van der Waals surface area contributed by atoms with Gasteiger partial charge in [0.2, 0.25) is 0 Å². The van der Waals surface area contributed by atoms with Crippen LogP contribution in [0.5, 0.6) is 0 Å². The van der Waals surface area contributed by atoms with Gasteiger partial charge in [-0.15, -0.1) is 0 Å². The lowest BCUT2D eigenvalue weighted by Gasteiger charge is -2.25. The number of rotatable bonds is 12. The standard InChI is InChI=1S/C24H28O8/c25-23(31-8-6-27-11-17-13-29-14-17)20-4-5-21-19(10-20)2-1-3-22(21)24(26)32-9-7-28-12-18-15-30-16-18/h1-5,10,17-18H,6-9,11-16H2. The van der Waals surface area contributed by atoms with Gasteiger partial charge < -0.3 is 28.4 Å². The molecule has 2 aromatic carbocycles. The van der Waals surface area contributed by atoms with E-state index >= 15 is 0 Å². The van der Waals surface area contributed by atoms with Gasteiger partial charge in [0.05, 0.1) is 64.0 Å². The van der Waals surface area contributed by atoms with Crippen molar-refractivity contribution in [2.45, 2.75) is 0 Å². The van der Waals surface area contributed by atoms with Crippen LogP contribution in [0, 0.1) is 11.8 Å². The lowest BCUT2D eigenvalue weighted by molar-refractivity contribution is -0.0755. The van der Waals surface area contributed by atoms with E-state index < -0.39 is 11.9 Å². The molecule has 0 atom stereocenters. The molecule has 2 aromatic rings. The summed E-state index contributed by atoms with van der Waals surface area (Å²) in [6.45, 7) is 5.23. The van der Waals surface area contributed by atoms with Gasteiger partial charge in [0, 0.05) is 11.8 Å². The van der Waals surface area contributed by atoms with Gasteiger partial charge >= 0.3 is 11.9 Å². The number of hydrogen-bond acceptors (Lipinski definition) is 8. The third-order valence-corrected chi connectivity index (χ3v) is 5.38. The van der Waals surface area contributed by atoms with Crippen LogP contribution in [0.25, 0.3) is 10.8 Å². The molecular weight excluding hydrogens is 416 g/mol. The largest absolute Gasteiger partial charge is 0.460 e. The molecule has 2 fully saturated rings. The minimum atomic E-state index is -0.426. The first-order valence-electron chi connectivity index (χ1n) is 10.9. The monoisotopic (exact) mass is 444 g/mol. The number of carbonyl (C=O) groups is 2. The zero-order valence-electron chi connectivity index (χ0n) is 18.0. The third kappa shape index (κ3) is 6.04. The fraction of sp³-hybridized carbons (Fsp3) is 0.500. The van der Waals surface area contributed by atoms with Crippen molar-refractivity contribution in [3.05, 3.63) is 47.5 Å². The minimum Gasteiger partial charge on any atom is -0.460 e. The van der Waals surface area contributed by atoms with E-state index in [1.54, 1.807) is 30.3 Å². The van der Waals surface area contributed by atoms with E-state index in [-0.39, 0.29) is 13.2 Å². The molecule has 2 aliphatic heterocycles. The first-order valence-corrected chi connectivity index (χ1v) is 10.9. The Balaban J connectivity index is 1.25. The number of benzene rings is 2. The predicted molar refractivity (Wildman–Crippen MR) is 115 cm³/mol. The van der Waals surface area contributed by atoms with Crippen molar-refractivity contribution < 1.29 is 38.0 Å². The third-order valence-electron chi connectivity index (χ3n) is 5.38. The highest BCUT2D eigenvalue weighted by atomic mass is 16.6. The SMILES string of the molecule is O=C(OCCOCC1COC1)c1ccc2c(C(=O)OCCOCC3COC3)cccc2c1. The van der Waals surface area contributed by atoms with Gasteiger partial charge in [-0.2, -0.15) is 0 Å². The maximum Gasteiger partial charge on any atom is 0.338 e. The number of fused-ring (bicyclic) bond motifs is 1. The molecule has 0 radical (unpaired) electrons. The van der Waals surface area contributed by atoms with Crippen LogP contribution in [0.15, 0.2) is 36.4 Å². The molecule has 0 aromatic heterocycles. The topological polar surface area (TPSA) is 89.5 Å². The first kappa shape index (κ1) is 22.7. The normalized spacial score (nSPS) is 16.4. The molecule has 2 aliphatic rings. The summed E-state index contributed by atoms with van der Waals surface area (Å²) in [6, 6.07) is 10.4. The van der Waals surface area contributed by atoms with Gasteiger partial charge in [-0.05, 0) is 29.0 Å². The van der Waals surface area contributed by atoms with Crippen molar-refractivity contribution in [2.24, 2.45) is 11.8 Å². The Kier molecular flexibility index (Phi) is 8.06. The fourth-order valence-electron chi connectivity index (χ4n) is 3.40. The summed E-state index contributed by atoms with van der Waals surface area (Å²) >= 11 is 0. The van der Waals surface area contributed by atoms with Gasteiger partial charge in [0.1, 0.15) is 13.2 Å². The molecular formula is C24H28O8. The molecule has 0 bridgehead atoms. The molecule has 0 aliphatic carbocycles. The van der Waals surface area contributed by atoms with Crippen molar-refractivity contribution in [1.82, 2.24) is 0 Å². The van der Waals surface area contributed by atoms with E-state index in [1.807, 2.05) is 6.07 Å². The maximum absolute atomic E-state index is 12.5. The molecule has 0 unspecified atom stereocenters. The number of esters is 2. The Bertz CT molecular complexity index is 919. The second kappa shape index (κ2) is 11.4. The molecule has 0 saturated carbocycles. The highest BCUT2D eigenvalue weighted by Crippen LogP contribution is 2.22. The van der Waals surface area contributed by atoms with E-state index in [0.29, 0.717) is 54.8 Å². The second-order valence-corrected chi connectivity index (χ2v) is 7.97. The zero-order valence-corrected chi connectivity index (χ0v) is 18.0. The van der Waals surface area contributed by atoms with Crippen LogP contribution in [0.4, 0.5) is 0 Å². The Labute approximate surface area is 186 Å². The molecule has 0 spiro atoms. The van der Waals surface area contributed by atoms with E-state index in [0.717, 1.165) is 31.8 Å². The molecule has 0 N–H and O–H groups in total. The average molecular weight is 444 g/mol. The van der Waals surface area contributed by atoms with Crippen LogP contribution >= 0.6 is 0 Å². The highest BCUT2D eigenvalue weighted by Gasteiger charge is 2.19. The quantitative estimate of drug-likeness (QED) is 0.364. The number of hydrogen-bond donors (Lipinski definition) is 0. The van der Waals surface area contributed by atoms with Gasteiger partial charge in [-0.1, -0.05) is 18.2 Å². The molecule has 8 nitrogen and oxygen atoms in total. The smallest absolute Gasteiger partial charge is 0.338 e. The highest BCUT2D eigenvalue weighted by molar-refractivity contribution is 6.06. The molecule has 2 saturated heterocycles. The summed E-state index contributed by atoms with van der Waals surface area (Å²) in [5.74, 6) is 0.0432. The second-order valence-electron chi connectivity index (χ2n) is 7.97. The first-order chi connectivity index (χ1) is 15.7. The van der Waals surface area contributed by atoms with E-state index in [1.165, 1.54) is 0 Å². The van der Waals surface area contributed by atoms with Crippen LogP contribution in [-0.2, 0) is 28.4 Å². The van der Waals surface area contributed by atoms with Crippen LogP contribution in [-0.4, -0.2) is 78.0 Å². The molecule has 2 heterocycles. The average Bonchev–Trinajstić information content (AvgIpc) is 2.74. The van der Waals surface area contributed by atoms with Crippen molar-refractivity contribution in [3.8, 4) is 0 Å². The Hall–Kier alpha value is -2.52. The van der Waals surface area contributed by atoms with Gasteiger partial charge in [-0.25, -0.2) is 9.59 Å². The van der Waals surface area contributed by atoms with E-state index in [4.69, 9.17) is 28.4 Å². The van der Waals surface area contributed by atoms with Gasteiger partial charge in [-0.3, -0.25) is 0 Å². The summed E-state index contributed by atoms with van der Waals surface area (Å²) in [4.78, 5) is 24.8. The van der Waals surface area contributed by atoms with Crippen molar-refractivity contribution in [2.75, 3.05) is 66.1 Å². The summed E-state index contributed by atoms with van der Waals surface area (Å²) < 4.78 is 31.8. The molecule has 4 rings (SSSR count). The summed E-state index contributed by atoms with van der Waals surface area (Å²) in [6.07, 6.45) is 0. The predicted octanol–water partition coefficient (Wildman–Crippen LogP) is 2.48. The summed E-state index contributed by atoms with van der Waals surface area (Å²) in [5, 5.41) is 1.48.